The van der Waals surface area contributed by atoms with Crippen LogP contribution in [0.2, 0.25) is 0 Å². The van der Waals surface area contributed by atoms with Crippen molar-refractivity contribution in [1.82, 2.24) is 19.7 Å². The Balaban J connectivity index is 1.89. The highest BCUT2D eigenvalue weighted by atomic mass is 16.3. The predicted molar refractivity (Wildman–Crippen MR) is 90.0 cm³/mol. The Bertz CT molecular complexity index is 922. The summed E-state index contributed by atoms with van der Waals surface area (Å²) in [5.41, 5.74) is 3.53. The van der Waals surface area contributed by atoms with E-state index in [9.17, 15) is 0 Å². The summed E-state index contributed by atoms with van der Waals surface area (Å²) in [5, 5.41) is 4.77. The zero-order valence-corrected chi connectivity index (χ0v) is 13.4. The van der Waals surface area contributed by atoms with Crippen LogP contribution < -0.4 is 0 Å². The van der Waals surface area contributed by atoms with Crippen LogP contribution in [0.1, 0.15) is 20.8 Å². The Hall–Kier alpha value is -2.82. The van der Waals surface area contributed by atoms with E-state index in [1.807, 2.05) is 47.1 Å². The molecule has 0 saturated carbocycles. The van der Waals surface area contributed by atoms with Crippen molar-refractivity contribution in [3.05, 3.63) is 48.7 Å². The van der Waals surface area contributed by atoms with Gasteiger partial charge in [-0.15, -0.1) is 0 Å². The number of benzene rings is 1. The third kappa shape index (κ3) is 2.34. The molecule has 4 rings (SSSR count). The lowest BCUT2D eigenvalue weighted by Crippen LogP contribution is -2.24. The van der Waals surface area contributed by atoms with Crippen molar-refractivity contribution < 1.29 is 4.42 Å². The molecule has 0 bridgehead atoms. The van der Waals surface area contributed by atoms with E-state index in [0.717, 1.165) is 34.0 Å². The number of fused-ring (bicyclic) bond motifs is 1. The van der Waals surface area contributed by atoms with Crippen LogP contribution in [0, 0.1) is 0 Å². The molecular formula is C18H18N4O. The monoisotopic (exact) mass is 306 g/mol. The quantitative estimate of drug-likeness (QED) is 0.595. The number of para-hydroxylation sites is 2. The molecule has 0 fully saturated rings. The Morgan fingerprint density at radius 2 is 1.91 bits per heavy atom. The predicted octanol–water partition coefficient (Wildman–Crippen LogP) is 4.44. The van der Waals surface area contributed by atoms with Gasteiger partial charge in [0, 0.05) is 0 Å². The van der Waals surface area contributed by atoms with E-state index >= 15 is 0 Å². The van der Waals surface area contributed by atoms with Crippen LogP contribution in [0.25, 0.3) is 34.0 Å². The topological polar surface area (TPSA) is 59.6 Å². The molecule has 0 saturated heterocycles. The average molecular weight is 306 g/mol. The van der Waals surface area contributed by atoms with Crippen LogP contribution in [0.4, 0.5) is 0 Å². The first-order valence-corrected chi connectivity index (χ1v) is 7.62. The standard InChI is InChI=1S/C18H18N4O/c1-18(2,3)22-15(16-9-6-10-23-16)11-14(21-22)17-19-12-7-4-5-8-13(12)20-17/h4-11H,1-3H3,(H,19,20). The minimum Gasteiger partial charge on any atom is -0.463 e. The summed E-state index contributed by atoms with van der Waals surface area (Å²) < 4.78 is 7.55. The smallest absolute Gasteiger partial charge is 0.159 e. The lowest BCUT2D eigenvalue weighted by atomic mass is 10.1. The molecule has 1 N–H and O–H groups in total. The molecule has 5 heteroatoms. The fourth-order valence-corrected chi connectivity index (χ4v) is 2.68. The first-order valence-electron chi connectivity index (χ1n) is 7.62. The molecule has 0 atom stereocenters. The molecule has 5 nitrogen and oxygen atoms in total. The third-order valence-corrected chi connectivity index (χ3v) is 3.75. The maximum absolute atomic E-state index is 5.57. The molecule has 0 aliphatic heterocycles. The molecule has 0 radical (unpaired) electrons. The second-order valence-corrected chi connectivity index (χ2v) is 6.58. The van der Waals surface area contributed by atoms with E-state index in [1.54, 1.807) is 6.26 Å². The number of H-pyrrole nitrogens is 1. The third-order valence-electron chi connectivity index (χ3n) is 3.75. The van der Waals surface area contributed by atoms with Gasteiger partial charge in [0.15, 0.2) is 11.6 Å². The van der Waals surface area contributed by atoms with E-state index in [-0.39, 0.29) is 5.54 Å². The second-order valence-electron chi connectivity index (χ2n) is 6.58. The molecule has 23 heavy (non-hydrogen) atoms. The number of aromatic amines is 1. The molecule has 0 unspecified atom stereocenters. The Kier molecular flexibility index (Phi) is 2.91. The molecule has 3 heterocycles. The largest absolute Gasteiger partial charge is 0.463 e. The Labute approximate surface area is 134 Å². The van der Waals surface area contributed by atoms with Crippen molar-refractivity contribution in [3.63, 3.8) is 0 Å². The van der Waals surface area contributed by atoms with Crippen LogP contribution in [0.3, 0.4) is 0 Å². The van der Waals surface area contributed by atoms with E-state index < -0.39 is 0 Å². The van der Waals surface area contributed by atoms with Crippen LogP contribution in [-0.2, 0) is 5.54 Å². The molecule has 116 valence electrons. The van der Waals surface area contributed by atoms with E-state index in [4.69, 9.17) is 9.52 Å². The fraction of sp³-hybridized carbons (Fsp3) is 0.222. The van der Waals surface area contributed by atoms with Crippen LogP contribution in [0.5, 0.6) is 0 Å². The highest BCUT2D eigenvalue weighted by Gasteiger charge is 2.23. The minimum absolute atomic E-state index is 0.160. The molecule has 4 aromatic rings. The van der Waals surface area contributed by atoms with Gasteiger partial charge in [-0.1, -0.05) is 12.1 Å². The number of aromatic nitrogens is 4. The summed E-state index contributed by atoms with van der Waals surface area (Å²) in [6.45, 7) is 6.36. The summed E-state index contributed by atoms with van der Waals surface area (Å²) >= 11 is 0. The number of hydrogen-bond donors (Lipinski definition) is 1. The summed E-state index contributed by atoms with van der Waals surface area (Å²) in [6.07, 6.45) is 1.68. The fourth-order valence-electron chi connectivity index (χ4n) is 2.68. The van der Waals surface area contributed by atoms with E-state index in [2.05, 4.69) is 30.7 Å². The number of rotatable bonds is 2. The molecule has 0 amide bonds. The van der Waals surface area contributed by atoms with Gasteiger partial charge in [0.1, 0.15) is 11.4 Å². The van der Waals surface area contributed by atoms with Crippen LogP contribution >= 0.6 is 0 Å². The number of imidazole rings is 1. The van der Waals surface area contributed by atoms with Crippen LogP contribution in [-0.4, -0.2) is 19.7 Å². The maximum Gasteiger partial charge on any atom is 0.159 e. The van der Waals surface area contributed by atoms with Gasteiger partial charge in [0.05, 0.1) is 22.8 Å². The average Bonchev–Trinajstić information content (AvgIpc) is 3.23. The van der Waals surface area contributed by atoms with Crippen LogP contribution in [0.15, 0.2) is 53.1 Å². The first kappa shape index (κ1) is 13.8. The highest BCUT2D eigenvalue weighted by Crippen LogP contribution is 2.30. The zero-order valence-electron chi connectivity index (χ0n) is 13.4. The molecule has 3 aromatic heterocycles. The molecule has 1 aromatic carbocycles. The van der Waals surface area contributed by atoms with Crippen molar-refractivity contribution in [3.8, 4) is 23.0 Å². The summed E-state index contributed by atoms with van der Waals surface area (Å²) in [7, 11) is 0. The van der Waals surface area contributed by atoms with Crippen molar-refractivity contribution in [2.75, 3.05) is 0 Å². The molecule has 0 aliphatic carbocycles. The molecule has 0 spiro atoms. The number of hydrogen-bond acceptors (Lipinski definition) is 3. The Morgan fingerprint density at radius 3 is 2.61 bits per heavy atom. The van der Waals surface area contributed by atoms with Crippen molar-refractivity contribution in [1.29, 1.82) is 0 Å². The zero-order chi connectivity index (χ0) is 16.0. The number of furan rings is 1. The normalized spacial score (nSPS) is 12.1. The lowest BCUT2D eigenvalue weighted by molar-refractivity contribution is 0.357. The Morgan fingerprint density at radius 1 is 1.09 bits per heavy atom. The summed E-state index contributed by atoms with van der Waals surface area (Å²) in [5.74, 6) is 1.57. The van der Waals surface area contributed by atoms with Gasteiger partial charge in [-0.2, -0.15) is 5.10 Å². The van der Waals surface area contributed by atoms with Gasteiger partial charge in [-0.25, -0.2) is 4.98 Å². The maximum atomic E-state index is 5.57. The number of nitrogens with zero attached hydrogens (tertiary/aromatic N) is 3. The highest BCUT2D eigenvalue weighted by molar-refractivity contribution is 5.79. The van der Waals surface area contributed by atoms with E-state index in [0.29, 0.717) is 0 Å². The van der Waals surface area contributed by atoms with Gasteiger partial charge >= 0.3 is 0 Å². The van der Waals surface area contributed by atoms with Gasteiger partial charge < -0.3 is 9.40 Å². The minimum atomic E-state index is -0.160. The SMILES string of the molecule is CC(C)(C)n1nc(-c2nc3ccccc3[nH]2)cc1-c1ccco1. The molecular weight excluding hydrogens is 288 g/mol. The van der Waals surface area contributed by atoms with Gasteiger partial charge in [0.2, 0.25) is 0 Å². The molecule has 0 aliphatic rings. The number of nitrogens with one attached hydrogen (secondary N) is 1. The van der Waals surface area contributed by atoms with Gasteiger partial charge in [-0.3, -0.25) is 4.68 Å². The second kappa shape index (κ2) is 4.84. The van der Waals surface area contributed by atoms with Crippen molar-refractivity contribution in [2.24, 2.45) is 0 Å². The van der Waals surface area contributed by atoms with Gasteiger partial charge in [-0.05, 0) is 51.1 Å². The van der Waals surface area contributed by atoms with E-state index in [1.165, 1.54) is 0 Å². The van der Waals surface area contributed by atoms with Gasteiger partial charge in [0.25, 0.3) is 0 Å². The summed E-state index contributed by atoms with van der Waals surface area (Å²) in [4.78, 5) is 7.97. The first-order chi connectivity index (χ1) is 11.0. The van der Waals surface area contributed by atoms with Crippen molar-refractivity contribution >= 4 is 11.0 Å². The van der Waals surface area contributed by atoms with Crippen molar-refractivity contribution in [2.45, 2.75) is 26.3 Å². The summed E-state index contributed by atoms with van der Waals surface area (Å²) in [6, 6.07) is 13.8. The lowest BCUT2D eigenvalue weighted by Gasteiger charge is -2.21.